The summed E-state index contributed by atoms with van der Waals surface area (Å²) in [6.07, 6.45) is 18.7. The molecule has 0 aromatic heterocycles. The van der Waals surface area contributed by atoms with Crippen LogP contribution < -0.4 is 0 Å². The van der Waals surface area contributed by atoms with Crippen molar-refractivity contribution in [1.29, 1.82) is 0 Å². The Hall–Kier alpha value is -1.30. The highest BCUT2D eigenvalue weighted by Crippen LogP contribution is 2.35. The minimum absolute atomic E-state index is 0.0484. The summed E-state index contributed by atoms with van der Waals surface area (Å²) in [5.74, 6) is -1.69. The predicted molar refractivity (Wildman–Crippen MR) is 127 cm³/mol. The molecule has 1 aliphatic carbocycles. The van der Waals surface area contributed by atoms with E-state index in [-0.39, 0.29) is 23.9 Å². The lowest BCUT2D eigenvalue weighted by molar-refractivity contribution is -0.141. The second-order valence-electron chi connectivity index (χ2n) is 8.61. The fraction of sp³-hybridized carbons (Fsp3) is 0.800. The van der Waals surface area contributed by atoms with Crippen molar-refractivity contribution in [3.05, 3.63) is 11.6 Å². The van der Waals surface area contributed by atoms with Crippen molar-refractivity contribution in [1.82, 2.24) is 0 Å². The first-order valence-electron chi connectivity index (χ1n) is 12.1. The van der Waals surface area contributed by atoms with Crippen LogP contribution in [0.1, 0.15) is 103 Å². The van der Waals surface area contributed by atoms with E-state index in [4.69, 9.17) is 9.84 Å². The van der Waals surface area contributed by atoms with Crippen LogP contribution in [0.25, 0.3) is 0 Å². The van der Waals surface area contributed by atoms with Crippen LogP contribution in [0.15, 0.2) is 11.6 Å². The number of aliphatic carboxylic acids is 1. The number of esters is 1. The minimum Gasteiger partial charge on any atom is -0.481 e. The van der Waals surface area contributed by atoms with Crippen molar-refractivity contribution in [3.8, 4) is 0 Å². The molecular formula is C25H42O5S. The van der Waals surface area contributed by atoms with Crippen molar-refractivity contribution in [2.24, 2.45) is 5.92 Å². The molecule has 1 fully saturated rings. The number of thioether (sulfide) groups is 1. The van der Waals surface area contributed by atoms with E-state index >= 15 is 0 Å². The fourth-order valence-corrected chi connectivity index (χ4v) is 5.33. The van der Waals surface area contributed by atoms with Gasteiger partial charge in [-0.3, -0.25) is 14.4 Å². The second-order valence-corrected chi connectivity index (χ2v) is 9.70. The van der Waals surface area contributed by atoms with Crippen molar-refractivity contribution < 1.29 is 24.2 Å². The Balaban J connectivity index is 2.35. The summed E-state index contributed by atoms with van der Waals surface area (Å²) in [6.45, 7) is 2.25. The van der Waals surface area contributed by atoms with Gasteiger partial charge in [0.1, 0.15) is 0 Å². The molecule has 0 radical (unpaired) electrons. The minimum atomic E-state index is -0.941. The predicted octanol–water partition coefficient (Wildman–Crippen LogP) is 6.34. The number of carbonyl (C=O) groups is 3. The Kier molecular flexibility index (Phi) is 15.5. The number of Topliss-reactive ketones (excluding diaryl/α,β-unsaturated/α-hetero) is 1. The number of carboxylic acids is 1. The first-order valence-corrected chi connectivity index (χ1v) is 13.2. The summed E-state index contributed by atoms with van der Waals surface area (Å²) >= 11 is 1.28. The van der Waals surface area contributed by atoms with E-state index in [1.807, 2.05) is 0 Å². The number of hydrogen-bond donors (Lipinski definition) is 1. The average Bonchev–Trinajstić information content (AvgIpc) is 2.75. The third-order valence-electron chi connectivity index (χ3n) is 6.01. The number of ketones is 1. The SMILES string of the molecule is CCCCCCCCCCCCC/C=C1\CC[C@@H](CC(=O)O)C(=O)[C@H]1SCC(=O)OC. The topological polar surface area (TPSA) is 80.7 Å². The third kappa shape index (κ3) is 12.4. The molecule has 1 N–H and O–H groups in total. The van der Waals surface area contributed by atoms with Crippen LogP contribution in [-0.2, 0) is 19.1 Å². The van der Waals surface area contributed by atoms with Gasteiger partial charge in [0.25, 0.3) is 0 Å². The average molecular weight is 455 g/mol. The van der Waals surface area contributed by atoms with Crippen LogP contribution in [0.4, 0.5) is 0 Å². The monoisotopic (exact) mass is 454 g/mol. The van der Waals surface area contributed by atoms with Gasteiger partial charge >= 0.3 is 11.9 Å². The molecule has 0 amide bonds. The molecule has 0 unspecified atom stereocenters. The molecule has 2 atom stereocenters. The number of methoxy groups -OCH3 is 1. The second kappa shape index (κ2) is 17.3. The molecule has 6 heteroatoms. The Morgan fingerprint density at radius 3 is 2.16 bits per heavy atom. The van der Waals surface area contributed by atoms with Gasteiger partial charge in [-0.25, -0.2) is 0 Å². The number of allylic oxidation sites excluding steroid dienone is 1. The summed E-state index contributed by atoms with van der Waals surface area (Å²) in [6, 6.07) is 0. The van der Waals surface area contributed by atoms with Crippen molar-refractivity contribution in [2.75, 3.05) is 12.9 Å². The number of ether oxygens (including phenoxy) is 1. The lowest BCUT2D eigenvalue weighted by Gasteiger charge is -2.29. The van der Waals surface area contributed by atoms with Gasteiger partial charge in [0.2, 0.25) is 0 Å². The molecule has 1 saturated carbocycles. The van der Waals surface area contributed by atoms with Gasteiger partial charge in [0.15, 0.2) is 5.78 Å². The molecule has 0 aromatic carbocycles. The molecule has 178 valence electrons. The molecule has 31 heavy (non-hydrogen) atoms. The lowest BCUT2D eigenvalue weighted by atomic mass is 9.82. The molecule has 1 aliphatic rings. The Morgan fingerprint density at radius 1 is 1.03 bits per heavy atom. The quantitative estimate of drug-likeness (QED) is 0.157. The molecule has 0 aromatic rings. The van der Waals surface area contributed by atoms with Crippen LogP contribution in [0, 0.1) is 5.92 Å². The molecule has 1 rings (SSSR count). The molecule has 0 heterocycles. The Labute approximate surface area is 192 Å². The van der Waals surface area contributed by atoms with Gasteiger partial charge in [-0.15, -0.1) is 11.8 Å². The Bertz CT molecular complexity index is 572. The molecule has 0 saturated heterocycles. The van der Waals surface area contributed by atoms with E-state index < -0.39 is 17.1 Å². The first-order chi connectivity index (χ1) is 15.0. The molecule has 0 bridgehead atoms. The van der Waals surface area contributed by atoms with E-state index in [2.05, 4.69) is 13.0 Å². The zero-order chi connectivity index (χ0) is 22.9. The molecule has 0 spiro atoms. The number of rotatable bonds is 17. The lowest BCUT2D eigenvalue weighted by Crippen LogP contribution is -2.34. The first kappa shape index (κ1) is 27.7. The third-order valence-corrected chi connectivity index (χ3v) is 7.28. The summed E-state index contributed by atoms with van der Waals surface area (Å²) in [5, 5.41) is 8.66. The highest BCUT2D eigenvalue weighted by atomic mass is 32.2. The van der Waals surface area contributed by atoms with Gasteiger partial charge in [0, 0.05) is 5.92 Å². The maximum absolute atomic E-state index is 12.8. The highest BCUT2D eigenvalue weighted by Gasteiger charge is 2.36. The smallest absolute Gasteiger partial charge is 0.315 e. The normalized spacial score (nSPS) is 20.2. The van der Waals surface area contributed by atoms with Gasteiger partial charge in [0.05, 0.1) is 24.5 Å². The van der Waals surface area contributed by atoms with Gasteiger partial charge < -0.3 is 9.84 Å². The van der Waals surface area contributed by atoms with Crippen LogP contribution in [0.5, 0.6) is 0 Å². The number of hydrogen-bond acceptors (Lipinski definition) is 5. The summed E-state index contributed by atoms with van der Waals surface area (Å²) < 4.78 is 4.70. The van der Waals surface area contributed by atoms with Crippen LogP contribution in [0.3, 0.4) is 0 Å². The van der Waals surface area contributed by atoms with E-state index in [9.17, 15) is 14.4 Å². The van der Waals surface area contributed by atoms with Crippen molar-refractivity contribution in [3.63, 3.8) is 0 Å². The Morgan fingerprint density at radius 2 is 1.61 bits per heavy atom. The van der Waals surface area contributed by atoms with Gasteiger partial charge in [-0.2, -0.15) is 0 Å². The van der Waals surface area contributed by atoms with E-state index in [1.165, 1.54) is 83.1 Å². The highest BCUT2D eigenvalue weighted by molar-refractivity contribution is 8.01. The maximum atomic E-state index is 12.8. The summed E-state index contributed by atoms with van der Waals surface area (Å²) in [5.41, 5.74) is 1.06. The number of unbranched alkanes of at least 4 members (excludes halogenated alkanes) is 11. The fourth-order valence-electron chi connectivity index (χ4n) is 4.13. The number of carboxylic acid groups (broad SMARTS) is 1. The van der Waals surface area contributed by atoms with Gasteiger partial charge in [-0.1, -0.05) is 82.8 Å². The zero-order valence-corrected chi connectivity index (χ0v) is 20.4. The molecule has 0 aliphatic heterocycles. The molecular weight excluding hydrogens is 412 g/mol. The van der Waals surface area contributed by atoms with Crippen LogP contribution in [0.2, 0.25) is 0 Å². The standard InChI is InChI=1S/C25H42O5S/c1-3-4-5-6-7-8-9-10-11-12-13-14-15-20-16-17-21(18-22(26)27)24(29)25(20)31-19-23(28)30-2/h15,21,25H,3-14,16-19H2,1-2H3,(H,26,27)/b20-15+/t21-,25-/m0/s1. The van der Waals surface area contributed by atoms with E-state index in [1.54, 1.807) is 0 Å². The van der Waals surface area contributed by atoms with E-state index in [0.717, 1.165) is 24.8 Å². The van der Waals surface area contributed by atoms with Gasteiger partial charge in [-0.05, 0) is 25.7 Å². The van der Waals surface area contributed by atoms with E-state index in [0.29, 0.717) is 6.42 Å². The van der Waals surface area contributed by atoms with Crippen molar-refractivity contribution in [2.45, 2.75) is 108 Å². The van der Waals surface area contributed by atoms with Crippen LogP contribution >= 0.6 is 11.8 Å². The summed E-state index contributed by atoms with van der Waals surface area (Å²) in [7, 11) is 1.34. The largest absolute Gasteiger partial charge is 0.481 e. The zero-order valence-electron chi connectivity index (χ0n) is 19.5. The van der Waals surface area contributed by atoms with Crippen LogP contribution in [-0.4, -0.2) is 40.9 Å². The molecule has 5 nitrogen and oxygen atoms in total. The van der Waals surface area contributed by atoms with Crippen molar-refractivity contribution >= 4 is 29.5 Å². The summed E-state index contributed by atoms with van der Waals surface area (Å²) in [4.78, 5) is 35.4. The number of carbonyl (C=O) groups excluding carboxylic acids is 2. The maximum Gasteiger partial charge on any atom is 0.315 e.